The van der Waals surface area contributed by atoms with Crippen molar-refractivity contribution in [3.63, 3.8) is 0 Å². The highest BCUT2D eigenvalue weighted by Gasteiger charge is 2.28. The van der Waals surface area contributed by atoms with E-state index in [2.05, 4.69) is 52.6 Å². The Morgan fingerprint density at radius 3 is 2.41 bits per heavy atom. The number of amides is 2. The Hall–Kier alpha value is -1.59. The molecule has 0 spiro atoms. The lowest BCUT2D eigenvalue weighted by atomic mass is 9.89. The summed E-state index contributed by atoms with van der Waals surface area (Å²) >= 11 is 0. The van der Waals surface area contributed by atoms with E-state index in [1.54, 1.807) is 0 Å². The van der Waals surface area contributed by atoms with E-state index in [0.29, 0.717) is 6.04 Å². The highest BCUT2D eigenvalue weighted by atomic mass is 16.2. The van der Waals surface area contributed by atoms with Crippen LogP contribution in [0.2, 0.25) is 0 Å². The minimum absolute atomic E-state index is 0.0204. The third-order valence-corrected chi connectivity index (χ3v) is 7.29. The molecule has 2 heterocycles. The molecule has 3 aliphatic rings. The number of aryl methyl sites for hydroxylation is 2. The summed E-state index contributed by atoms with van der Waals surface area (Å²) in [6, 6.07) is 7.82. The summed E-state index contributed by atoms with van der Waals surface area (Å²) in [4.78, 5) is 17.6. The summed E-state index contributed by atoms with van der Waals surface area (Å²) in [5.41, 5.74) is 4.19. The smallest absolute Gasteiger partial charge is 0.315 e. The molecule has 0 unspecified atom stereocenters. The minimum atomic E-state index is -0.0204. The maximum Gasteiger partial charge on any atom is 0.315 e. The Balaban J connectivity index is 1.22. The van der Waals surface area contributed by atoms with Crippen LogP contribution in [0.4, 0.5) is 4.79 Å². The fourth-order valence-corrected chi connectivity index (χ4v) is 5.30. The normalized spacial score (nSPS) is 23.4. The molecule has 160 valence electrons. The van der Waals surface area contributed by atoms with Crippen LogP contribution in [0.25, 0.3) is 0 Å². The van der Waals surface area contributed by atoms with Gasteiger partial charge in [-0.2, -0.15) is 0 Å². The number of nitrogens with one attached hydrogen (secondary N) is 2. The third-order valence-electron chi connectivity index (χ3n) is 7.29. The Morgan fingerprint density at radius 2 is 1.69 bits per heavy atom. The molecule has 5 nitrogen and oxygen atoms in total. The topological polar surface area (TPSA) is 47.6 Å². The van der Waals surface area contributed by atoms with Gasteiger partial charge in [-0.25, -0.2) is 4.79 Å². The maximum atomic E-state index is 12.6. The van der Waals surface area contributed by atoms with Gasteiger partial charge in [-0.15, -0.1) is 0 Å². The summed E-state index contributed by atoms with van der Waals surface area (Å²) in [6.07, 6.45) is 9.67. The first kappa shape index (κ1) is 20.7. The van der Waals surface area contributed by atoms with E-state index in [4.69, 9.17) is 0 Å². The number of rotatable bonds is 4. The average molecular weight is 399 g/mol. The summed E-state index contributed by atoms with van der Waals surface area (Å²) < 4.78 is 0. The molecule has 4 rings (SSSR count). The quantitative estimate of drug-likeness (QED) is 0.816. The van der Waals surface area contributed by atoms with E-state index < -0.39 is 0 Å². The molecule has 2 aliphatic heterocycles. The fourth-order valence-electron chi connectivity index (χ4n) is 5.30. The zero-order valence-electron chi connectivity index (χ0n) is 18.3. The molecule has 0 bridgehead atoms. The minimum Gasteiger partial charge on any atom is -0.335 e. The van der Waals surface area contributed by atoms with Crippen LogP contribution < -0.4 is 10.6 Å². The van der Waals surface area contributed by atoms with Crippen molar-refractivity contribution in [1.82, 2.24) is 20.4 Å². The van der Waals surface area contributed by atoms with Gasteiger partial charge in [0.25, 0.3) is 0 Å². The van der Waals surface area contributed by atoms with Crippen molar-refractivity contribution < 1.29 is 4.79 Å². The van der Waals surface area contributed by atoms with E-state index in [1.165, 1.54) is 68.3 Å². The molecule has 1 aromatic carbocycles. The molecule has 0 radical (unpaired) electrons. The van der Waals surface area contributed by atoms with Gasteiger partial charge in [0.05, 0.1) is 6.04 Å². The fraction of sp³-hybridized carbons (Fsp3) is 0.708. The maximum absolute atomic E-state index is 12.6. The second kappa shape index (κ2) is 9.48. The van der Waals surface area contributed by atoms with Crippen LogP contribution in [0.15, 0.2) is 18.2 Å². The van der Waals surface area contributed by atoms with Crippen molar-refractivity contribution in [2.75, 3.05) is 33.2 Å². The number of hydrogen-bond acceptors (Lipinski definition) is 3. The third kappa shape index (κ3) is 5.32. The predicted octanol–water partition coefficient (Wildman–Crippen LogP) is 3.48. The van der Waals surface area contributed by atoms with Crippen molar-refractivity contribution in [1.29, 1.82) is 0 Å². The summed E-state index contributed by atoms with van der Waals surface area (Å²) in [6.45, 7) is 6.74. The van der Waals surface area contributed by atoms with Crippen LogP contribution in [0, 0.1) is 0 Å². The highest BCUT2D eigenvalue weighted by molar-refractivity contribution is 5.74. The monoisotopic (exact) mass is 398 g/mol. The number of nitrogens with zero attached hydrogens (tertiary/aromatic N) is 2. The lowest BCUT2D eigenvalue weighted by molar-refractivity contribution is 0.0933. The van der Waals surface area contributed by atoms with Gasteiger partial charge in [-0.1, -0.05) is 18.2 Å². The van der Waals surface area contributed by atoms with Crippen LogP contribution >= 0.6 is 0 Å². The Labute approximate surface area is 176 Å². The first-order chi connectivity index (χ1) is 14.1. The molecule has 2 amide bonds. The summed E-state index contributed by atoms with van der Waals surface area (Å²) in [5.74, 6) is 0. The number of benzene rings is 1. The SMILES string of the molecule is C[C@@H](NC(=O)NC1CCN(C2CCN(C)CC2)CC1)c1ccc2c(c1)CCCC2. The zero-order chi connectivity index (χ0) is 20.2. The average Bonchev–Trinajstić information content (AvgIpc) is 2.74. The molecule has 0 aromatic heterocycles. The van der Waals surface area contributed by atoms with Gasteiger partial charge in [0.2, 0.25) is 0 Å². The van der Waals surface area contributed by atoms with Gasteiger partial charge in [0.1, 0.15) is 0 Å². The molecule has 1 atom stereocenters. The number of carbonyl (C=O) groups excluding carboxylic acids is 1. The Bertz CT molecular complexity index is 690. The predicted molar refractivity (Wildman–Crippen MR) is 118 cm³/mol. The number of carbonyl (C=O) groups is 1. The largest absolute Gasteiger partial charge is 0.335 e. The van der Waals surface area contributed by atoms with Crippen LogP contribution in [0.5, 0.6) is 0 Å². The molecule has 5 heteroatoms. The number of piperidine rings is 2. The van der Waals surface area contributed by atoms with Gasteiger partial charge < -0.3 is 20.4 Å². The first-order valence-electron chi connectivity index (χ1n) is 11.7. The molecule has 2 N–H and O–H groups in total. The van der Waals surface area contributed by atoms with Gasteiger partial charge in [-0.3, -0.25) is 0 Å². The van der Waals surface area contributed by atoms with Crippen molar-refractivity contribution in [2.24, 2.45) is 0 Å². The van der Waals surface area contributed by atoms with Crippen LogP contribution in [-0.2, 0) is 12.8 Å². The second-order valence-electron chi connectivity index (χ2n) is 9.42. The van der Waals surface area contributed by atoms with Crippen LogP contribution in [-0.4, -0.2) is 61.1 Å². The lowest BCUT2D eigenvalue weighted by Gasteiger charge is -2.41. The highest BCUT2D eigenvalue weighted by Crippen LogP contribution is 2.25. The summed E-state index contributed by atoms with van der Waals surface area (Å²) in [5, 5.41) is 6.39. The zero-order valence-corrected chi connectivity index (χ0v) is 18.3. The number of fused-ring (bicyclic) bond motifs is 1. The molecular weight excluding hydrogens is 360 g/mol. The van der Waals surface area contributed by atoms with Gasteiger partial charge in [0.15, 0.2) is 0 Å². The molecule has 0 saturated carbocycles. The second-order valence-corrected chi connectivity index (χ2v) is 9.42. The lowest BCUT2D eigenvalue weighted by Crippen LogP contribution is -2.52. The van der Waals surface area contributed by atoms with Crippen molar-refractivity contribution in [2.45, 2.75) is 76.4 Å². The molecule has 2 fully saturated rings. The van der Waals surface area contributed by atoms with Gasteiger partial charge in [0, 0.05) is 25.2 Å². The van der Waals surface area contributed by atoms with Crippen LogP contribution in [0.3, 0.4) is 0 Å². The molecule has 1 aromatic rings. The van der Waals surface area contributed by atoms with E-state index in [1.807, 2.05) is 0 Å². The first-order valence-corrected chi connectivity index (χ1v) is 11.7. The van der Waals surface area contributed by atoms with Crippen molar-refractivity contribution in [3.05, 3.63) is 34.9 Å². The molecule has 1 aliphatic carbocycles. The number of urea groups is 1. The number of hydrogen-bond donors (Lipinski definition) is 2. The molecular formula is C24H38N4O. The Morgan fingerprint density at radius 1 is 1.00 bits per heavy atom. The molecule has 2 saturated heterocycles. The van der Waals surface area contributed by atoms with Crippen molar-refractivity contribution >= 4 is 6.03 Å². The van der Waals surface area contributed by atoms with Gasteiger partial charge in [-0.05, 0) is 95.1 Å². The van der Waals surface area contributed by atoms with Crippen LogP contribution in [0.1, 0.15) is 68.2 Å². The van der Waals surface area contributed by atoms with E-state index >= 15 is 0 Å². The van der Waals surface area contributed by atoms with E-state index in [-0.39, 0.29) is 12.1 Å². The molecule has 29 heavy (non-hydrogen) atoms. The number of likely N-dealkylation sites (tertiary alicyclic amines) is 2. The van der Waals surface area contributed by atoms with E-state index in [9.17, 15) is 4.79 Å². The standard InChI is InChI=1S/C24H38N4O/c1-18(20-8-7-19-5-3-4-6-21(19)17-20)25-24(29)26-22-9-15-28(16-10-22)23-11-13-27(2)14-12-23/h7-8,17-18,22-23H,3-6,9-16H2,1-2H3,(H2,25,26,29)/t18-/m1/s1. The Kier molecular flexibility index (Phi) is 6.76. The van der Waals surface area contributed by atoms with Gasteiger partial charge >= 0.3 is 6.03 Å². The van der Waals surface area contributed by atoms with Crippen molar-refractivity contribution in [3.8, 4) is 0 Å². The summed E-state index contributed by atoms with van der Waals surface area (Å²) in [7, 11) is 2.22. The van der Waals surface area contributed by atoms with E-state index in [0.717, 1.165) is 32.0 Å².